The van der Waals surface area contributed by atoms with Crippen molar-refractivity contribution >= 4 is 0 Å². The van der Waals surface area contributed by atoms with E-state index in [0.717, 1.165) is 5.69 Å². The maximum Gasteiger partial charge on any atom is 0.232 e. The van der Waals surface area contributed by atoms with Crippen molar-refractivity contribution in [1.29, 1.82) is 0 Å². The van der Waals surface area contributed by atoms with E-state index < -0.39 is 0 Å². The predicted octanol–water partition coefficient (Wildman–Crippen LogP) is 2.63. The molecule has 1 aromatic heterocycles. The summed E-state index contributed by atoms with van der Waals surface area (Å²) in [6.45, 7) is 9.10. The maximum absolute atomic E-state index is 5.48. The summed E-state index contributed by atoms with van der Waals surface area (Å²) >= 11 is 0. The molecule has 0 bridgehead atoms. The first kappa shape index (κ1) is 11.0. The Kier molecular flexibility index (Phi) is 3.86. The molecule has 1 aromatic rings. The Morgan fingerprint density at radius 1 is 1.21 bits per heavy atom. The van der Waals surface area contributed by atoms with Crippen LogP contribution in [0.4, 0.5) is 0 Å². The van der Waals surface area contributed by atoms with Crippen molar-refractivity contribution in [2.75, 3.05) is 6.61 Å². The van der Waals surface area contributed by atoms with Crippen molar-refractivity contribution in [2.24, 2.45) is 5.92 Å². The molecule has 0 saturated heterocycles. The van der Waals surface area contributed by atoms with Crippen LogP contribution in [0.1, 0.15) is 39.3 Å². The van der Waals surface area contributed by atoms with Crippen LogP contribution in [0.3, 0.4) is 0 Å². The van der Waals surface area contributed by atoms with Crippen LogP contribution in [0.5, 0.6) is 5.88 Å². The van der Waals surface area contributed by atoms with Gasteiger partial charge < -0.3 is 4.74 Å². The van der Waals surface area contributed by atoms with Crippen molar-refractivity contribution in [3.63, 3.8) is 0 Å². The van der Waals surface area contributed by atoms with Gasteiger partial charge >= 0.3 is 0 Å². The number of hydrogen-bond donors (Lipinski definition) is 0. The fraction of sp³-hybridized carbons (Fsp3) is 0.636. The molecule has 0 fully saturated rings. The predicted molar refractivity (Wildman–Crippen MR) is 56.5 cm³/mol. The van der Waals surface area contributed by atoms with E-state index in [4.69, 9.17) is 4.74 Å². The molecular weight excluding hydrogens is 176 g/mol. The van der Waals surface area contributed by atoms with Gasteiger partial charge in [-0.15, -0.1) is 0 Å². The summed E-state index contributed by atoms with van der Waals surface area (Å²) in [6, 6.07) is 0. The molecule has 0 radical (unpaired) electrons. The summed E-state index contributed by atoms with van der Waals surface area (Å²) in [7, 11) is 0. The van der Waals surface area contributed by atoms with Crippen LogP contribution >= 0.6 is 0 Å². The van der Waals surface area contributed by atoms with Gasteiger partial charge in [-0.2, -0.15) is 0 Å². The second-order valence-electron chi connectivity index (χ2n) is 4.14. The first-order chi connectivity index (χ1) is 6.59. The average molecular weight is 194 g/mol. The molecule has 0 saturated carbocycles. The van der Waals surface area contributed by atoms with Gasteiger partial charge in [0.05, 0.1) is 18.5 Å². The Morgan fingerprint density at radius 3 is 2.50 bits per heavy atom. The van der Waals surface area contributed by atoms with Gasteiger partial charge in [-0.25, -0.2) is 4.98 Å². The maximum atomic E-state index is 5.48. The number of nitrogens with zero attached hydrogens (tertiary/aromatic N) is 2. The lowest BCUT2D eigenvalue weighted by Gasteiger charge is -2.09. The van der Waals surface area contributed by atoms with Crippen LogP contribution in [-0.4, -0.2) is 16.6 Å². The summed E-state index contributed by atoms with van der Waals surface area (Å²) < 4.78 is 5.48. The van der Waals surface area contributed by atoms with Gasteiger partial charge in [0.15, 0.2) is 0 Å². The molecule has 0 aliphatic heterocycles. The highest BCUT2D eigenvalue weighted by Crippen LogP contribution is 2.13. The van der Waals surface area contributed by atoms with Crippen LogP contribution < -0.4 is 4.74 Å². The monoisotopic (exact) mass is 194 g/mol. The zero-order valence-corrected chi connectivity index (χ0v) is 9.32. The normalized spacial score (nSPS) is 11.0. The van der Waals surface area contributed by atoms with Crippen LogP contribution in [0.25, 0.3) is 0 Å². The first-order valence-corrected chi connectivity index (χ1v) is 5.04. The molecule has 1 heterocycles. The quantitative estimate of drug-likeness (QED) is 0.739. The van der Waals surface area contributed by atoms with Gasteiger partial charge in [0.25, 0.3) is 0 Å². The molecule has 14 heavy (non-hydrogen) atoms. The SMILES string of the molecule is CC(C)COc1cncc(C(C)C)n1. The Labute approximate surface area is 85.5 Å². The minimum Gasteiger partial charge on any atom is -0.476 e. The number of ether oxygens (including phenoxy) is 1. The summed E-state index contributed by atoms with van der Waals surface area (Å²) in [5.41, 5.74) is 0.978. The van der Waals surface area contributed by atoms with E-state index in [1.807, 2.05) is 0 Å². The van der Waals surface area contributed by atoms with E-state index in [2.05, 4.69) is 37.7 Å². The highest BCUT2D eigenvalue weighted by molar-refractivity contribution is 5.10. The van der Waals surface area contributed by atoms with Gasteiger partial charge in [0.1, 0.15) is 0 Å². The van der Waals surface area contributed by atoms with Crippen LogP contribution in [0.2, 0.25) is 0 Å². The summed E-state index contributed by atoms with van der Waals surface area (Å²) in [5.74, 6) is 1.54. The topological polar surface area (TPSA) is 35.0 Å². The molecule has 1 rings (SSSR count). The van der Waals surface area contributed by atoms with E-state index in [-0.39, 0.29) is 0 Å². The third-order valence-corrected chi connectivity index (χ3v) is 1.79. The average Bonchev–Trinajstić information content (AvgIpc) is 2.15. The lowest BCUT2D eigenvalue weighted by molar-refractivity contribution is 0.259. The van der Waals surface area contributed by atoms with Gasteiger partial charge in [-0.3, -0.25) is 4.98 Å². The highest BCUT2D eigenvalue weighted by Gasteiger charge is 2.04. The molecule has 0 N–H and O–H groups in total. The standard InChI is InChI=1S/C11H18N2O/c1-8(2)7-14-11-6-12-5-10(13-11)9(3)4/h5-6,8-9H,7H2,1-4H3. The molecule has 0 aliphatic rings. The van der Waals surface area contributed by atoms with Crippen molar-refractivity contribution in [1.82, 2.24) is 9.97 Å². The molecule has 78 valence electrons. The van der Waals surface area contributed by atoms with Crippen molar-refractivity contribution in [3.05, 3.63) is 18.1 Å². The molecule has 3 nitrogen and oxygen atoms in total. The van der Waals surface area contributed by atoms with E-state index in [9.17, 15) is 0 Å². The summed E-state index contributed by atoms with van der Waals surface area (Å²) in [6.07, 6.45) is 3.45. The lowest BCUT2D eigenvalue weighted by Crippen LogP contribution is -2.07. The number of hydrogen-bond acceptors (Lipinski definition) is 3. The second kappa shape index (κ2) is 4.94. The van der Waals surface area contributed by atoms with Crippen LogP contribution in [0.15, 0.2) is 12.4 Å². The largest absolute Gasteiger partial charge is 0.476 e. The molecule has 0 aromatic carbocycles. The summed E-state index contributed by atoms with van der Waals surface area (Å²) in [4.78, 5) is 8.46. The third kappa shape index (κ3) is 3.32. The Bertz CT molecular complexity index is 284. The third-order valence-electron chi connectivity index (χ3n) is 1.79. The lowest BCUT2D eigenvalue weighted by atomic mass is 10.1. The van der Waals surface area contributed by atoms with Gasteiger partial charge in [0.2, 0.25) is 5.88 Å². The molecular formula is C11H18N2O. The van der Waals surface area contributed by atoms with Gasteiger partial charge in [-0.05, 0) is 11.8 Å². The van der Waals surface area contributed by atoms with E-state index in [1.54, 1.807) is 12.4 Å². The van der Waals surface area contributed by atoms with Crippen LogP contribution in [0, 0.1) is 5.92 Å². The molecule has 0 unspecified atom stereocenters. The number of aromatic nitrogens is 2. The molecule has 0 spiro atoms. The second-order valence-corrected chi connectivity index (χ2v) is 4.14. The fourth-order valence-electron chi connectivity index (χ4n) is 0.962. The van der Waals surface area contributed by atoms with Gasteiger partial charge in [0, 0.05) is 6.20 Å². The first-order valence-electron chi connectivity index (χ1n) is 5.04. The van der Waals surface area contributed by atoms with Crippen LogP contribution in [-0.2, 0) is 0 Å². The van der Waals surface area contributed by atoms with Crippen molar-refractivity contribution in [2.45, 2.75) is 33.6 Å². The van der Waals surface area contributed by atoms with Crippen molar-refractivity contribution in [3.8, 4) is 5.88 Å². The smallest absolute Gasteiger partial charge is 0.232 e. The Balaban J connectivity index is 2.64. The zero-order chi connectivity index (χ0) is 10.6. The zero-order valence-electron chi connectivity index (χ0n) is 9.32. The highest BCUT2D eigenvalue weighted by atomic mass is 16.5. The van der Waals surface area contributed by atoms with E-state index in [1.165, 1.54) is 0 Å². The minimum atomic E-state index is 0.394. The number of rotatable bonds is 4. The fourth-order valence-corrected chi connectivity index (χ4v) is 0.962. The molecule has 0 atom stereocenters. The Hall–Kier alpha value is -1.12. The molecule has 0 amide bonds. The molecule has 0 aliphatic carbocycles. The van der Waals surface area contributed by atoms with Crippen molar-refractivity contribution < 1.29 is 4.74 Å². The Morgan fingerprint density at radius 2 is 1.93 bits per heavy atom. The molecule has 3 heteroatoms. The summed E-state index contributed by atoms with van der Waals surface area (Å²) in [5, 5.41) is 0. The van der Waals surface area contributed by atoms with Gasteiger partial charge in [-0.1, -0.05) is 27.7 Å². The van der Waals surface area contributed by atoms with E-state index >= 15 is 0 Å². The minimum absolute atomic E-state index is 0.394. The van der Waals surface area contributed by atoms with E-state index in [0.29, 0.717) is 24.3 Å².